The lowest BCUT2D eigenvalue weighted by atomic mass is 10.1. The van der Waals surface area contributed by atoms with Gasteiger partial charge < -0.3 is 14.8 Å². The molecule has 0 radical (unpaired) electrons. The van der Waals surface area contributed by atoms with E-state index in [0.717, 1.165) is 21.9 Å². The van der Waals surface area contributed by atoms with Crippen molar-refractivity contribution in [2.75, 3.05) is 25.9 Å². The van der Waals surface area contributed by atoms with Gasteiger partial charge in [0.15, 0.2) is 15.6 Å². The maximum absolute atomic E-state index is 12.6. The number of nitrogens with one attached hydrogen (secondary N) is 1. The number of aromatic amines is 1. The summed E-state index contributed by atoms with van der Waals surface area (Å²) < 4.78 is 33.3. The summed E-state index contributed by atoms with van der Waals surface area (Å²) in [7, 11) is -3.49. The number of nitriles is 1. The van der Waals surface area contributed by atoms with E-state index in [4.69, 9.17) is 14.9 Å². The first-order chi connectivity index (χ1) is 17.6. The Morgan fingerprint density at radius 1 is 1.30 bits per heavy atom. The molecule has 0 saturated carbocycles. The molecule has 2 aromatic carbocycles. The van der Waals surface area contributed by atoms with Crippen molar-refractivity contribution in [3.63, 3.8) is 0 Å². The minimum Gasteiger partial charge on any atom is -0.487 e. The molecular weight excluding hydrogens is 494 g/mol. The van der Waals surface area contributed by atoms with Crippen molar-refractivity contribution in [3.05, 3.63) is 53.3 Å². The highest BCUT2D eigenvalue weighted by atomic mass is 32.2. The van der Waals surface area contributed by atoms with Crippen LogP contribution in [0.5, 0.6) is 5.75 Å². The Kier molecular flexibility index (Phi) is 6.39. The number of H-pyrrole nitrogens is 1. The van der Waals surface area contributed by atoms with Gasteiger partial charge in [-0.1, -0.05) is 0 Å². The van der Waals surface area contributed by atoms with Crippen LogP contribution in [0.2, 0.25) is 0 Å². The van der Waals surface area contributed by atoms with Gasteiger partial charge in [0.1, 0.15) is 17.7 Å². The highest BCUT2D eigenvalue weighted by Crippen LogP contribution is 2.33. The van der Waals surface area contributed by atoms with E-state index in [-0.39, 0.29) is 24.1 Å². The van der Waals surface area contributed by atoms with Gasteiger partial charge in [0.05, 0.1) is 23.5 Å². The molecule has 192 valence electrons. The number of ether oxygens (including phenoxy) is 1. The number of likely N-dealkylation sites (tertiary alicyclic amines) is 1. The second kappa shape index (κ2) is 9.53. The van der Waals surface area contributed by atoms with Crippen LogP contribution in [0.25, 0.3) is 21.8 Å². The van der Waals surface area contributed by atoms with Crippen molar-refractivity contribution in [2.45, 2.75) is 37.3 Å². The number of piperidine rings is 1. The third-order valence-electron chi connectivity index (χ3n) is 6.81. The number of sulfone groups is 1. The van der Waals surface area contributed by atoms with Gasteiger partial charge in [0.2, 0.25) is 0 Å². The van der Waals surface area contributed by atoms with Crippen molar-refractivity contribution >= 4 is 37.6 Å². The van der Waals surface area contributed by atoms with Gasteiger partial charge in [-0.3, -0.25) is 14.4 Å². The summed E-state index contributed by atoms with van der Waals surface area (Å²) in [5.74, 6) is -0.458. The second-order valence-electron chi connectivity index (χ2n) is 9.51. The van der Waals surface area contributed by atoms with Crippen LogP contribution < -0.4 is 4.74 Å². The van der Waals surface area contributed by atoms with Crippen LogP contribution in [0.3, 0.4) is 0 Å². The number of aryl methyl sites for hydroxylation is 1. The van der Waals surface area contributed by atoms with E-state index in [1.807, 2.05) is 24.1 Å². The van der Waals surface area contributed by atoms with E-state index < -0.39 is 15.8 Å². The van der Waals surface area contributed by atoms with Gasteiger partial charge in [-0.05, 0) is 49.6 Å². The van der Waals surface area contributed by atoms with Crippen LogP contribution in [-0.4, -0.2) is 71.2 Å². The van der Waals surface area contributed by atoms with Gasteiger partial charge in [0, 0.05) is 53.6 Å². The maximum atomic E-state index is 12.6. The number of carboxylic acids is 1. The van der Waals surface area contributed by atoms with Gasteiger partial charge in [-0.25, -0.2) is 8.42 Å². The molecule has 0 amide bonds. The van der Waals surface area contributed by atoms with Crippen LogP contribution in [-0.2, 0) is 21.2 Å². The van der Waals surface area contributed by atoms with E-state index in [2.05, 4.69) is 11.1 Å². The highest BCUT2D eigenvalue weighted by Gasteiger charge is 2.25. The Balaban J connectivity index is 1.49. The molecule has 1 saturated heterocycles. The number of fused-ring (bicyclic) bond motifs is 2. The molecule has 0 bridgehead atoms. The average Bonchev–Trinajstić information content (AvgIpc) is 3.49. The summed E-state index contributed by atoms with van der Waals surface area (Å²) in [6.07, 6.45) is 5.93. The zero-order chi connectivity index (χ0) is 26.3. The first kappa shape index (κ1) is 24.8. The normalized spacial score (nSPS) is 15.3. The molecule has 0 unspecified atom stereocenters. The molecule has 0 spiro atoms. The Labute approximate surface area is 214 Å². The number of hydrogen-bond acceptors (Lipinski definition) is 7. The molecule has 0 atom stereocenters. The number of carbonyl (C=O) groups is 1. The van der Waals surface area contributed by atoms with Gasteiger partial charge in [-0.2, -0.15) is 10.4 Å². The van der Waals surface area contributed by atoms with E-state index in [1.54, 1.807) is 29.1 Å². The summed E-state index contributed by atoms with van der Waals surface area (Å²) in [6, 6.07) is 9.24. The Hall–Kier alpha value is -3.88. The monoisotopic (exact) mass is 521 g/mol. The summed E-state index contributed by atoms with van der Waals surface area (Å²) in [5.41, 5.74) is 3.27. The maximum Gasteiger partial charge on any atom is 0.317 e. The summed E-state index contributed by atoms with van der Waals surface area (Å²) >= 11 is 0. The zero-order valence-corrected chi connectivity index (χ0v) is 21.4. The molecule has 2 aromatic heterocycles. The van der Waals surface area contributed by atoms with Gasteiger partial charge >= 0.3 is 5.97 Å². The van der Waals surface area contributed by atoms with Crippen LogP contribution in [0, 0.1) is 18.3 Å². The van der Waals surface area contributed by atoms with Crippen LogP contribution in [0.15, 0.2) is 41.6 Å². The molecule has 2 N–H and O–H groups in total. The molecule has 10 nitrogen and oxygen atoms in total. The summed E-state index contributed by atoms with van der Waals surface area (Å²) in [5, 5.41) is 25.1. The largest absolute Gasteiger partial charge is 0.487 e. The molecular formula is C26H27N5O5S. The molecule has 1 fully saturated rings. The minimum absolute atomic E-state index is 0.000949. The number of hydrogen-bond donors (Lipinski definition) is 2. The first-order valence-electron chi connectivity index (χ1n) is 11.9. The van der Waals surface area contributed by atoms with Crippen molar-refractivity contribution < 1.29 is 23.1 Å². The SMILES string of the molecule is Cc1cc(S(C)(=O)=O)c(Cn2cc3ccc(C#N)c(OC4CCN(CC(=O)O)CC4)c3n2)c2cc[nH]c12. The van der Waals surface area contributed by atoms with Crippen molar-refractivity contribution in [1.29, 1.82) is 5.26 Å². The van der Waals surface area contributed by atoms with E-state index in [1.165, 1.54) is 6.26 Å². The van der Waals surface area contributed by atoms with Crippen molar-refractivity contribution in [3.8, 4) is 11.8 Å². The lowest BCUT2D eigenvalue weighted by Crippen LogP contribution is -2.40. The third-order valence-corrected chi connectivity index (χ3v) is 7.97. The molecule has 4 aromatic rings. The number of nitrogens with zero attached hydrogens (tertiary/aromatic N) is 4. The van der Waals surface area contributed by atoms with Gasteiger partial charge in [0.25, 0.3) is 0 Å². The van der Waals surface area contributed by atoms with Crippen molar-refractivity contribution in [1.82, 2.24) is 19.7 Å². The number of benzene rings is 2. The fourth-order valence-electron chi connectivity index (χ4n) is 5.03. The van der Waals surface area contributed by atoms with Crippen LogP contribution in [0.1, 0.15) is 29.5 Å². The smallest absolute Gasteiger partial charge is 0.317 e. The number of aromatic nitrogens is 3. The number of carboxylic acid groups (broad SMARTS) is 1. The van der Waals surface area contributed by atoms with E-state index in [9.17, 15) is 18.5 Å². The fraction of sp³-hybridized carbons (Fsp3) is 0.346. The molecule has 11 heteroatoms. The van der Waals surface area contributed by atoms with Crippen LogP contribution >= 0.6 is 0 Å². The minimum atomic E-state index is -3.49. The fourth-order valence-corrected chi connectivity index (χ4v) is 6.05. The zero-order valence-electron chi connectivity index (χ0n) is 20.6. The lowest BCUT2D eigenvalue weighted by Gasteiger charge is -2.31. The predicted molar refractivity (Wildman–Crippen MR) is 137 cm³/mol. The average molecular weight is 522 g/mol. The second-order valence-corrected chi connectivity index (χ2v) is 11.5. The predicted octanol–water partition coefficient (Wildman–Crippen LogP) is 3.08. The number of rotatable bonds is 7. The van der Waals surface area contributed by atoms with E-state index >= 15 is 0 Å². The molecule has 37 heavy (non-hydrogen) atoms. The van der Waals surface area contributed by atoms with E-state index in [0.29, 0.717) is 48.3 Å². The standard InChI is InChI=1S/C26H27N5O5S/c1-16-11-22(37(2,34)35)21(20-5-8-28-24(16)20)14-31-13-18-4-3-17(12-27)26(25(18)29-31)36-19-6-9-30(10-7-19)15-23(32)33/h3-5,8,11,13,19,28H,6-7,9-10,14-15H2,1-2H3,(H,32,33). The highest BCUT2D eigenvalue weighted by molar-refractivity contribution is 7.90. The number of aliphatic carboxylic acids is 1. The molecule has 5 rings (SSSR count). The van der Waals surface area contributed by atoms with Crippen LogP contribution in [0.4, 0.5) is 0 Å². The third kappa shape index (κ3) is 4.90. The quantitative estimate of drug-likeness (QED) is 0.378. The topological polar surface area (TPSA) is 141 Å². The lowest BCUT2D eigenvalue weighted by molar-refractivity contribution is -0.138. The summed E-state index contributed by atoms with van der Waals surface area (Å²) in [6.45, 7) is 3.29. The first-order valence-corrected chi connectivity index (χ1v) is 13.8. The Morgan fingerprint density at radius 3 is 2.73 bits per heavy atom. The van der Waals surface area contributed by atoms with Gasteiger partial charge in [-0.15, -0.1) is 0 Å². The molecule has 3 heterocycles. The Morgan fingerprint density at radius 2 is 2.05 bits per heavy atom. The summed E-state index contributed by atoms with van der Waals surface area (Å²) in [4.78, 5) is 16.3. The molecule has 0 aliphatic carbocycles. The molecule has 1 aliphatic heterocycles. The van der Waals surface area contributed by atoms with Crippen molar-refractivity contribution in [2.24, 2.45) is 0 Å². The Bertz CT molecular complexity index is 1660. The molecule has 1 aliphatic rings.